The van der Waals surface area contributed by atoms with Crippen LogP contribution in [0.4, 0.5) is 5.69 Å². The first kappa shape index (κ1) is 20.9. The molecule has 1 amide bonds. The molecule has 0 saturated carbocycles. The molecule has 28 heavy (non-hydrogen) atoms. The van der Waals surface area contributed by atoms with E-state index in [0.29, 0.717) is 12.3 Å². The fourth-order valence-electron chi connectivity index (χ4n) is 3.66. The zero-order chi connectivity index (χ0) is 19.8. The van der Waals surface area contributed by atoms with Crippen molar-refractivity contribution in [2.75, 3.05) is 29.9 Å². The van der Waals surface area contributed by atoms with E-state index < -0.39 is 0 Å². The number of carbonyl (C=O) groups excluding carboxylic acids is 1. The van der Waals surface area contributed by atoms with Crippen LogP contribution in [0.3, 0.4) is 0 Å². The summed E-state index contributed by atoms with van der Waals surface area (Å²) in [7, 11) is 0. The molecule has 0 bridgehead atoms. The quantitative estimate of drug-likeness (QED) is 0.670. The van der Waals surface area contributed by atoms with Crippen molar-refractivity contribution in [3.05, 3.63) is 65.2 Å². The number of amides is 1. The molecule has 3 rings (SSSR count). The number of nitrogens with zero attached hydrogens (tertiary/aromatic N) is 1. The molecule has 0 spiro atoms. The van der Waals surface area contributed by atoms with E-state index in [1.54, 1.807) is 0 Å². The largest absolute Gasteiger partial charge is 0.326 e. The lowest BCUT2D eigenvalue weighted by atomic mass is 9.98. The highest BCUT2D eigenvalue weighted by Crippen LogP contribution is 2.20. The van der Waals surface area contributed by atoms with Gasteiger partial charge in [0.25, 0.3) is 0 Å². The Balaban J connectivity index is 1.46. The number of hydrogen-bond acceptors (Lipinski definition) is 3. The molecule has 1 heterocycles. The molecule has 0 radical (unpaired) electrons. The number of hydrogen-bond donors (Lipinski definition) is 1. The number of aryl methyl sites for hydroxylation is 2. The van der Waals surface area contributed by atoms with E-state index in [4.69, 9.17) is 0 Å². The predicted molar refractivity (Wildman–Crippen MR) is 121 cm³/mol. The summed E-state index contributed by atoms with van der Waals surface area (Å²) < 4.78 is 0. The van der Waals surface area contributed by atoms with Gasteiger partial charge in [-0.3, -0.25) is 9.69 Å². The monoisotopic (exact) mass is 396 g/mol. The van der Waals surface area contributed by atoms with Crippen LogP contribution in [-0.4, -0.2) is 35.4 Å². The number of anilines is 1. The van der Waals surface area contributed by atoms with Crippen LogP contribution in [0.15, 0.2) is 48.5 Å². The molecule has 1 aliphatic rings. The maximum atomic E-state index is 12.5. The van der Waals surface area contributed by atoms with E-state index in [1.807, 2.05) is 17.8 Å². The number of thioether (sulfide) groups is 1. The second kappa shape index (κ2) is 10.7. The second-order valence-corrected chi connectivity index (χ2v) is 9.14. The van der Waals surface area contributed by atoms with Crippen LogP contribution in [0.2, 0.25) is 0 Å². The molecule has 1 atom stereocenters. The van der Waals surface area contributed by atoms with Crippen molar-refractivity contribution in [2.45, 2.75) is 39.7 Å². The minimum absolute atomic E-state index is 0.115. The standard InChI is InChI=1S/C24H32N2OS/c1-19(8-9-21-6-4-3-5-7-21)16-24(27)25-23-11-10-22(17-20(23)2)18-26-12-14-28-15-13-26/h3-7,10-11,17,19H,8-9,12-16,18H2,1-2H3,(H,25,27). The third-order valence-corrected chi connectivity index (χ3v) is 6.32. The van der Waals surface area contributed by atoms with Crippen LogP contribution in [0, 0.1) is 12.8 Å². The minimum Gasteiger partial charge on any atom is -0.326 e. The van der Waals surface area contributed by atoms with Gasteiger partial charge in [-0.1, -0.05) is 49.4 Å². The summed E-state index contributed by atoms with van der Waals surface area (Å²) in [5, 5.41) is 3.11. The second-order valence-electron chi connectivity index (χ2n) is 7.92. The van der Waals surface area contributed by atoms with Gasteiger partial charge in [-0.15, -0.1) is 0 Å². The molecule has 2 aromatic rings. The van der Waals surface area contributed by atoms with Crippen molar-refractivity contribution in [1.82, 2.24) is 4.90 Å². The van der Waals surface area contributed by atoms with E-state index in [0.717, 1.165) is 30.6 Å². The van der Waals surface area contributed by atoms with E-state index in [-0.39, 0.29) is 5.91 Å². The van der Waals surface area contributed by atoms with Gasteiger partial charge in [0.2, 0.25) is 5.91 Å². The van der Waals surface area contributed by atoms with Crippen LogP contribution < -0.4 is 5.32 Å². The van der Waals surface area contributed by atoms with E-state index in [1.165, 1.54) is 35.7 Å². The van der Waals surface area contributed by atoms with Gasteiger partial charge in [0.05, 0.1) is 0 Å². The Morgan fingerprint density at radius 3 is 2.57 bits per heavy atom. The van der Waals surface area contributed by atoms with Gasteiger partial charge in [-0.05, 0) is 48.4 Å². The average Bonchev–Trinajstić information content (AvgIpc) is 2.70. The van der Waals surface area contributed by atoms with Gasteiger partial charge in [-0.2, -0.15) is 11.8 Å². The average molecular weight is 397 g/mol. The van der Waals surface area contributed by atoms with E-state index >= 15 is 0 Å². The Morgan fingerprint density at radius 2 is 1.86 bits per heavy atom. The lowest BCUT2D eigenvalue weighted by Gasteiger charge is -2.26. The van der Waals surface area contributed by atoms with Crippen LogP contribution >= 0.6 is 11.8 Å². The van der Waals surface area contributed by atoms with Crippen molar-refractivity contribution in [3.8, 4) is 0 Å². The molecule has 1 unspecified atom stereocenters. The van der Waals surface area contributed by atoms with Crippen molar-refractivity contribution >= 4 is 23.4 Å². The van der Waals surface area contributed by atoms with Gasteiger partial charge in [0.15, 0.2) is 0 Å². The van der Waals surface area contributed by atoms with Crippen molar-refractivity contribution < 1.29 is 4.79 Å². The maximum Gasteiger partial charge on any atom is 0.224 e. The maximum absolute atomic E-state index is 12.5. The van der Waals surface area contributed by atoms with Gasteiger partial charge >= 0.3 is 0 Å². The first-order valence-corrected chi connectivity index (χ1v) is 11.5. The molecule has 4 heteroatoms. The Bertz CT molecular complexity index is 756. The molecule has 1 saturated heterocycles. The number of benzene rings is 2. The van der Waals surface area contributed by atoms with Crippen molar-refractivity contribution in [3.63, 3.8) is 0 Å². The number of nitrogens with one attached hydrogen (secondary N) is 1. The summed E-state index contributed by atoms with van der Waals surface area (Å²) in [5.74, 6) is 2.95. The van der Waals surface area contributed by atoms with Crippen LogP contribution in [0.1, 0.15) is 36.5 Å². The molecule has 1 aliphatic heterocycles. The minimum atomic E-state index is 0.115. The SMILES string of the molecule is Cc1cc(CN2CCSCC2)ccc1NC(=O)CC(C)CCc1ccccc1. The highest BCUT2D eigenvalue weighted by atomic mass is 32.2. The molecule has 1 N–H and O–H groups in total. The number of rotatable bonds is 8. The van der Waals surface area contributed by atoms with Gasteiger partial charge in [0.1, 0.15) is 0 Å². The molecule has 150 valence electrons. The van der Waals surface area contributed by atoms with Crippen molar-refractivity contribution in [2.24, 2.45) is 5.92 Å². The van der Waals surface area contributed by atoms with Gasteiger partial charge in [-0.25, -0.2) is 0 Å². The first-order chi connectivity index (χ1) is 13.6. The predicted octanol–water partition coefficient (Wildman–Crippen LogP) is 5.14. The normalized spacial score (nSPS) is 15.9. The van der Waals surface area contributed by atoms with Crippen LogP contribution in [0.25, 0.3) is 0 Å². The number of carbonyl (C=O) groups is 1. The van der Waals surface area contributed by atoms with E-state index in [9.17, 15) is 4.79 Å². The highest BCUT2D eigenvalue weighted by Gasteiger charge is 2.13. The van der Waals surface area contributed by atoms with Gasteiger partial charge < -0.3 is 5.32 Å². The Kier molecular flexibility index (Phi) is 7.99. The Labute approximate surface area is 173 Å². The fourth-order valence-corrected chi connectivity index (χ4v) is 4.64. The molecule has 2 aromatic carbocycles. The van der Waals surface area contributed by atoms with Crippen molar-refractivity contribution in [1.29, 1.82) is 0 Å². The Morgan fingerprint density at radius 1 is 1.11 bits per heavy atom. The third kappa shape index (κ3) is 6.68. The Hall–Kier alpha value is -1.78. The van der Waals surface area contributed by atoms with Crippen LogP contribution in [-0.2, 0) is 17.8 Å². The molecule has 0 aromatic heterocycles. The third-order valence-electron chi connectivity index (χ3n) is 5.38. The van der Waals surface area contributed by atoms with Gasteiger partial charge in [0, 0.05) is 43.2 Å². The van der Waals surface area contributed by atoms with E-state index in [2.05, 4.69) is 66.5 Å². The summed E-state index contributed by atoms with van der Waals surface area (Å²) in [6, 6.07) is 16.9. The molecular formula is C24H32N2OS. The summed E-state index contributed by atoms with van der Waals surface area (Å²) in [6.45, 7) is 7.59. The van der Waals surface area contributed by atoms with Crippen LogP contribution in [0.5, 0.6) is 0 Å². The zero-order valence-electron chi connectivity index (χ0n) is 17.1. The summed E-state index contributed by atoms with van der Waals surface area (Å²) >= 11 is 2.04. The topological polar surface area (TPSA) is 32.3 Å². The highest BCUT2D eigenvalue weighted by molar-refractivity contribution is 7.99. The summed E-state index contributed by atoms with van der Waals surface area (Å²) in [4.78, 5) is 15.0. The first-order valence-electron chi connectivity index (χ1n) is 10.3. The molecule has 0 aliphatic carbocycles. The fraction of sp³-hybridized carbons (Fsp3) is 0.458. The smallest absolute Gasteiger partial charge is 0.224 e. The lowest BCUT2D eigenvalue weighted by Crippen LogP contribution is -2.31. The lowest BCUT2D eigenvalue weighted by molar-refractivity contribution is -0.117. The molecule has 3 nitrogen and oxygen atoms in total. The summed E-state index contributed by atoms with van der Waals surface area (Å²) in [6.07, 6.45) is 2.63. The summed E-state index contributed by atoms with van der Waals surface area (Å²) in [5.41, 5.74) is 4.76. The molecule has 1 fully saturated rings. The zero-order valence-corrected chi connectivity index (χ0v) is 17.9. The molecular weight excluding hydrogens is 364 g/mol.